The highest BCUT2D eigenvalue weighted by Crippen LogP contribution is 2.13. The highest BCUT2D eigenvalue weighted by atomic mass is 16.1. The average Bonchev–Trinajstić information content (AvgIpc) is 2.68. The second-order valence-electron chi connectivity index (χ2n) is 5.73. The van der Waals surface area contributed by atoms with Crippen molar-refractivity contribution >= 4 is 23.3 Å². The van der Waals surface area contributed by atoms with E-state index in [4.69, 9.17) is 0 Å². The Morgan fingerprint density at radius 1 is 0.923 bits per heavy atom. The number of nitrogens with one attached hydrogen (secondary N) is 2. The van der Waals surface area contributed by atoms with Gasteiger partial charge in [-0.15, -0.1) is 0 Å². The molecule has 0 saturated heterocycles. The maximum absolute atomic E-state index is 12.3. The zero-order chi connectivity index (χ0) is 18.4. The molecule has 0 bridgehead atoms. The van der Waals surface area contributed by atoms with E-state index in [1.54, 1.807) is 24.3 Å². The van der Waals surface area contributed by atoms with Gasteiger partial charge in [0.1, 0.15) is 0 Å². The van der Waals surface area contributed by atoms with Gasteiger partial charge >= 0.3 is 0 Å². The quantitative estimate of drug-likeness (QED) is 0.667. The molecule has 6 heteroatoms. The van der Waals surface area contributed by atoms with E-state index in [0.717, 1.165) is 5.56 Å². The molecule has 26 heavy (non-hydrogen) atoms. The molecule has 1 amide bonds. The van der Waals surface area contributed by atoms with Crippen molar-refractivity contribution < 1.29 is 9.59 Å². The molecular weight excluding hydrogens is 328 g/mol. The minimum Gasteiger partial charge on any atom is -0.350 e. The standard InChI is InChI=1S/C20H18N4O2/c1-14(25)16-8-5-9-18(10-16)24-19(26)17-12-22-20(23-13-17)21-11-15-6-3-2-4-7-15/h2-10,12-13H,11H2,1H3,(H,24,26)(H,21,22,23). The number of rotatable bonds is 6. The zero-order valence-electron chi connectivity index (χ0n) is 14.3. The summed E-state index contributed by atoms with van der Waals surface area (Å²) in [6.45, 7) is 2.08. The predicted molar refractivity (Wildman–Crippen MR) is 100 cm³/mol. The van der Waals surface area contributed by atoms with Crippen LogP contribution in [-0.4, -0.2) is 21.7 Å². The van der Waals surface area contributed by atoms with Gasteiger partial charge in [-0.3, -0.25) is 9.59 Å². The van der Waals surface area contributed by atoms with E-state index < -0.39 is 0 Å². The maximum Gasteiger partial charge on any atom is 0.258 e. The van der Waals surface area contributed by atoms with E-state index in [-0.39, 0.29) is 11.7 Å². The van der Waals surface area contributed by atoms with Gasteiger partial charge in [0.25, 0.3) is 5.91 Å². The number of nitrogens with zero attached hydrogens (tertiary/aromatic N) is 2. The molecular formula is C20H18N4O2. The molecule has 2 N–H and O–H groups in total. The van der Waals surface area contributed by atoms with Crippen molar-refractivity contribution in [3.63, 3.8) is 0 Å². The number of carbonyl (C=O) groups is 2. The Labute approximate surface area is 151 Å². The van der Waals surface area contributed by atoms with Gasteiger partial charge in [0.15, 0.2) is 5.78 Å². The lowest BCUT2D eigenvalue weighted by Crippen LogP contribution is -2.13. The molecule has 0 radical (unpaired) electrons. The minimum atomic E-state index is -0.333. The predicted octanol–water partition coefficient (Wildman–Crippen LogP) is 3.54. The molecule has 1 aromatic heterocycles. The number of benzene rings is 2. The lowest BCUT2D eigenvalue weighted by atomic mass is 10.1. The highest BCUT2D eigenvalue weighted by Gasteiger charge is 2.09. The first-order chi connectivity index (χ1) is 12.6. The summed E-state index contributed by atoms with van der Waals surface area (Å²) < 4.78 is 0. The Balaban J connectivity index is 1.61. The van der Waals surface area contributed by atoms with Crippen molar-refractivity contribution in [1.29, 1.82) is 0 Å². The third-order valence-corrected chi connectivity index (χ3v) is 3.73. The highest BCUT2D eigenvalue weighted by molar-refractivity contribution is 6.04. The lowest BCUT2D eigenvalue weighted by molar-refractivity contribution is 0.101. The molecule has 6 nitrogen and oxygen atoms in total. The second-order valence-corrected chi connectivity index (χ2v) is 5.73. The second kappa shape index (κ2) is 8.02. The number of aromatic nitrogens is 2. The summed E-state index contributed by atoms with van der Waals surface area (Å²) in [5.41, 5.74) is 2.54. The van der Waals surface area contributed by atoms with Crippen LogP contribution in [0.3, 0.4) is 0 Å². The SMILES string of the molecule is CC(=O)c1cccc(NC(=O)c2cnc(NCc3ccccc3)nc2)c1. The molecule has 2 aromatic carbocycles. The summed E-state index contributed by atoms with van der Waals surface area (Å²) >= 11 is 0. The third-order valence-electron chi connectivity index (χ3n) is 3.73. The van der Waals surface area contributed by atoms with Crippen LogP contribution >= 0.6 is 0 Å². The topological polar surface area (TPSA) is 84.0 Å². The van der Waals surface area contributed by atoms with Crippen LogP contribution in [0, 0.1) is 0 Å². The summed E-state index contributed by atoms with van der Waals surface area (Å²) in [5.74, 6) is 0.0579. The van der Waals surface area contributed by atoms with Crippen LogP contribution in [-0.2, 0) is 6.54 Å². The number of anilines is 2. The Morgan fingerprint density at radius 2 is 1.65 bits per heavy atom. The molecule has 1 heterocycles. The van der Waals surface area contributed by atoms with Crippen molar-refractivity contribution in [2.45, 2.75) is 13.5 Å². The van der Waals surface area contributed by atoms with E-state index in [2.05, 4.69) is 20.6 Å². The zero-order valence-corrected chi connectivity index (χ0v) is 14.3. The molecule has 0 unspecified atom stereocenters. The summed E-state index contributed by atoms with van der Waals surface area (Å²) in [5, 5.41) is 5.84. The molecule has 3 aromatic rings. The van der Waals surface area contributed by atoms with Crippen LogP contribution in [0.5, 0.6) is 0 Å². The first-order valence-corrected chi connectivity index (χ1v) is 8.14. The van der Waals surface area contributed by atoms with Crippen molar-refractivity contribution in [2.75, 3.05) is 10.6 Å². The smallest absolute Gasteiger partial charge is 0.258 e. The number of hydrogen-bond acceptors (Lipinski definition) is 5. The Hall–Kier alpha value is -3.54. The molecule has 3 rings (SSSR count). The van der Waals surface area contributed by atoms with E-state index in [9.17, 15) is 9.59 Å². The van der Waals surface area contributed by atoms with E-state index in [1.165, 1.54) is 19.3 Å². The molecule has 0 aliphatic rings. The maximum atomic E-state index is 12.3. The van der Waals surface area contributed by atoms with E-state index in [1.807, 2.05) is 30.3 Å². The monoisotopic (exact) mass is 346 g/mol. The van der Waals surface area contributed by atoms with Crippen molar-refractivity contribution in [2.24, 2.45) is 0 Å². The molecule has 0 fully saturated rings. The number of Topliss-reactive ketones (excluding diaryl/α,β-unsaturated/α-hetero) is 1. The average molecular weight is 346 g/mol. The molecule has 0 saturated carbocycles. The van der Waals surface area contributed by atoms with Crippen LogP contribution < -0.4 is 10.6 Å². The van der Waals surface area contributed by atoms with E-state index >= 15 is 0 Å². The van der Waals surface area contributed by atoms with Crippen molar-refractivity contribution in [3.05, 3.63) is 83.7 Å². The third kappa shape index (κ3) is 4.51. The van der Waals surface area contributed by atoms with Gasteiger partial charge in [-0.25, -0.2) is 9.97 Å². The summed E-state index contributed by atoms with van der Waals surface area (Å²) in [6, 6.07) is 16.7. The van der Waals surface area contributed by atoms with Gasteiger partial charge in [0.05, 0.1) is 5.56 Å². The number of hydrogen-bond donors (Lipinski definition) is 2. The van der Waals surface area contributed by atoms with Crippen LogP contribution in [0.25, 0.3) is 0 Å². The molecule has 0 atom stereocenters. The fourth-order valence-corrected chi connectivity index (χ4v) is 2.33. The van der Waals surface area contributed by atoms with Crippen LogP contribution in [0.15, 0.2) is 67.0 Å². The summed E-state index contributed by atoms with van der Waals surface area (Å²) in [4.78, 5) is 32.0. The lowest BCUT2D eigenvalue weighted by Gasteiger charge is -2.07. The number of carbonyl (C=O) groups excluding carboxylic acids is 2. The Kier molecular flexibility index (Phi) is 5.34. The summed E-state index contributed by atoms with van der Waals surface area (Å²) in [7, 11) is 0. The molecule has 0 aliphatic heterocycles. The Bertz CT molecular complexity index is 909. The van der Waals surface area contributed by atoms with Gasteiger partial charge in [0.2, 0.25) is 5.95 Å². The Morgan fingerprint density at radius 3 is 2.35 bits per heavy atom. The normalized spacial score (nSPS) is 10.2. The van der Waals surface area contributed by atoms with Gasteiger partial charge in [0, 0.05) is 30.2 Å². The van der Waals surface area contributed by atoms with Crippen molar-refractivity contribution in [3.8, 4) is 0 Å². The van der Waals surface area contributed by atoms with Crippen LogP contribution in [0.2, 0.25) is 0 Å². The van der Waals surface area contributed by atoms with Gasteiger partial charge in [-0.2, -0.15) is 0 Å². The summed E-state index contributed by atoms with van der Waals surface area (Å²) in [6.07, 6.45) is 2.93. The van der Waals surface area contributed by atoms with Crippen LogP contribution in [0.4, 0.5) is 11.6 Å². The fraction of sp³-hybridized carbons (Fsp3) is 0.100. The number of ketones is 1. The molecule has 0 spiro atoms. The largest absolute Gasteiger partial charge is 0.350 e. The van der Waals surface area contributed by atoms with Gasteiger partial charge in [-0.05, 0) is 24.6 Å². The first kappa shape index (κ1) is 17.3. The molecule has 0 aliphatic carbocycles. The fourth-order valence-electron chi connectivity index (χ4n) is 2.33. The van der Waals surface area contributed by atoms with Crippen LogP contribution in [0.1, 0.15) is 33.2 Å². The first-order valence-electron chi connectivity index (χ1n) is 8.14. The van der Waals surface area contributed by atoms with E-state index in [0.29, 0.717) is 29.3 Å². The van der Waals surface area contributed by atoms with Crippen molar-refractivity contribution in [1.82, 2.24) is 9.97 Å². The van der Waals surface area contributed by atoms with Gasteiger partial charge < -0.3 is 10.6 Å². The minimum absolute atomic E-state index is 0.0572. The number of amides is 1. The molecule has 130 valence electrons. The van der Waals surface area contributed by atoms with Gasteiger partial charge in [-0.1, -0.05) is 42.5 Å².